The van der Waals surface area contributed by atoms with Gasteiger partial charge in [0, 0.05) is 19.6 Å². The molecule has 0 aliphatic carbocycles. The molecular formula is C26H42N6O3. The van der Waals surface area contributed by atoms with Crippen LogP contribution in [-0.4, -0.2) is 75.7 Å². The van der Waals surface area contributed by atoms with Crippen LogP contribution in [0.25, 0.3) is 11.2 Å². The Labute approximate surface area is 209 Å². The molecule has 1 aliphatic heterocycles. The van der Waals surface area contributed by atoms with E-state index in [1.165, 1.54) is 19.3 Å². The maximum Gasteiger partial charge on any atom is 0.413 e. The topological polar surface area (TPSA) is 92.6 Å². The number of fused-ring (bicyclic) bond motifs is 1. The van der Waals surface area contributed by atoms with Gasteiger partial charge >= 0.3 is 6.09 Å². The number of piperidine rings is 1. The van der Waals surface area contributed by atoms with E-state index in [-0.39, 0.29) is 12.5 Å². The van der Waals surface area contributed by atoms with Crippen LogP contribution in [0.5, 0.6) is 0 Å². The summed E-state index contributed by atoms with van der Waals surface area (Å²) in [5.74, 6) is 0.359. The van der Waals surface area contributed by atoms with E-state index in [0.717, 1.165) is 64.8 Å². The first-order valence-corrected chi connectivity index (χ1v) is 13.4. The zero-order valence-corrected chi connectivity index (χ0v) is 21.7. The van der Waals surface area contributed by atoms with Gasteiger partial charge in [-0.2, -0.15) is 0 Å². The average molecular weight is 487 g/mol. The molecule has 0 bridgehead atoms. The Morgan fingerprint density at radius 2 is 1.69 bits per heavy atom. The van der Waals surface area contributed by atoms with Gasteiger partial charge < -0.3 is 14.5 Å². The molecule has 0 unspecified atom stereocenters. The molecule has 0 aromatic carbocycles. The van der Waals surface area contributed by atoms with Crippen LogP contribution in [0.15, 0.2) is 12.1 Å². The number of nitrogens with zero attached hydrogens (tertiary/aromatic N) is 5. The van der Waals surface area contributed by atoms with Crippen molar-refractivity contribution in [3.8, 4) is 0 Å². The normalized spacial score (nSPS) is 14.3. The molecule has 194 valence electrons. The van der Waals surface area contributed by atoms with Crippen LogP contribution in [0.1, 0.15) is 82.6 Å². The Morgan fingerprint density at radius 1 is 0.971 bits per heavy atom. The molecule has 3 heterocycles. The van der Waals surface area contributed by atoms with Crippen LogP contribution in [-0.2, 0) is 11.3 Å². The number of carbonyl (C=O) groups is 2. The number of unbranched alkanes of at least 4 members (excludes halogenated alkanes) is 2. The molecule has 0 radical (unpaired) electrons. The lowest BCUT2D eigenvalue weighted by molar-refractivity contribution is 0.0745. The van der Waals surface area contributed by atoms with E-state index in [4.69, 9.17) is 9.72 Å². The lowest BCUT2D eigenvalue weighted by atomic mass is 10.1. The summed E-state index contributed by atoms with van der Waals surface area (Å²) in [5, 5.41) is 2.76. The molecule has 9 nitrogen and oxygen atoms in total. The molecule has 1 fully saturated rings. The smallest absolute Gasteiger partial charge is 0.413 e. The summed E-state index contributed by atoms with van der Waals surface area (Å²) >= 11 is 0. The van der Waals surface area contributed by atoms with Crippen molar-refractivity contribution in [2.24, 2.45) is 0 Å². The third-order valence-electron chi connectivity index (χ3n) is 6.46. The minimum absolute atomic E-state index is 0.0465. The van der Waals surface area contributed by atoms with Crippen molar-refractivity contribution in [1.82, 2.24) is 24.3 Å². The quantitative estimate of drug-likeness (QED) is 0.432. The van der Waals surface area contributed by atoms with Gasteiger partial charge in [-0.05, 0) is 70.8 Å². The number of pyridine rings is 1. The SMILES string of the molecule is CCCCN(CCCC)C(=O)c1ccc2nc(NC(=O)OCC)n(CCCN3CCCCC3)c2n1. The first kappa shape index (κ1) is 26.9. The van der Waals surface area contributed by atoms with Gasteiger partial charge in [0.15, 0.2) is 5.65 Å². The Morgan fingerprint density at radius 3 is 2.34 bits per heavy atom. The summed E-state index contributed by atoms with van der Waals surface area (Å²) in [4.78, 5) is 39.2. The minimum atomic E-state index is -0.540. The van der Waals surface area contributed by atoms with E-state index >= 15 is 0 Å². The molecular weight excluding hydrogens is 444 g/mol. The molecule has 1 saturated heterocycles. The number of aryl methyl sites for hydroxylation is 1. The highest BCUT2D eigenvalue weighted by Crippen LogP contribution is 2.21. The predicted octanol–water partition coefficient (Wildman–Crippen LogP) is 4.92. The molecule has 9 heteroatoms. The van der Waals surface area contributed by atoms with Gasteiger partial charge in [-0.3, -0.25) is 14.7 Å². The standard InChI is InChI=1S/C26H42N6O3/c1-4-7-18-31(19-8-5-2)24(33)22-14-13-21-23(27-22)32(25(28-21)29-26(34)35-6-3)20-12-17-30-15-10-9-11-16-30/h13-14H,4-12,15-20H2,1-3H3,(H,28,29,34). The number of likely N-dealkylation sites (tertiary alicyclic amines) is 1. The molecule has 1 aliphatic rings. The molecule has 0 spiro atoms. The van der Waals surface area contributed by atoms with Crippen LogP contribution < -0.4 is 5.32 Å². The fraction of sp³-hybridized carbons (Fsp3) is 0.692. The number of rotatable bonds is 13. The summed E-state index contributed by atoms with van der Waals surface area (Å²) < 4.78 is 6.98. The molecule has 3 rings (SSSR count). The van der Waals surface area contributed by atoms with Crippen molar-refractivity contribution in [3.05, 3.63) is 17.8 Å². The number of hydrogen-bond donors (Lipinski definition) is 1. The number of imidazole rings is 1. The van der Waals surface area contributed by atoms with Gasteiger partial charge in [0.2, 0.25) is 5.95 Å². The first-order valence-electron chi connectivity index (χ1n) is 13.4. The lowest BCUT2D eigenvalue weighted by Crippen LogP contribution is -2.33. The largest absolute Gasteiger partial charge is 0.450 e. The maximum absolute atomic E-state index is 13.3. The first-order chi connectivity index (χ1) is 17.1. The van der Waals surface area contributed by atoms with Crippen molar-refractivity contribution in [2.75, 3.05) is 44.6 Å². The van der Waals surface area contributed by atoms with Gasteiger partial charge in [-0.25, -0.2) is 14.8 Å². The molecule has 35 heavy (non-hydrogen) atoms. The number of ether oxygens (including phenoxy) is 1. The Hall–Kier alpha value is -2.68. The highest BCUT2D eigenvalue weighted by Gasteiger charge is 2.21. The van der Waals surface area contributed by atoms with E-state index in [9.17, 15) is 9.59 Å². The maximum atomic E-state index is 13.3. The van der Waals surface area contributed by atoms with Crippen LogP contribution in [0.3, 0.4) is 0 Å². The molecule has 2 aromatic rings. The fourth-order valence-corrected chi connectivity index (χ4v) is 4.50. The predicted molar refractivity (Wildman–Crippen MR) is 139 cm³/mol. The molecule has 2 amide bonds. The second-order valence-electron chi connectivity index (χ2n) is 9.23. The van der Waals surface area contributed by atoms with Crippen molar-refractivity contribution < 1.29 is 14.3 Å². The van der Waals surface area contributed by atoms with Crippen molar-refractivity contribution in [3.63, 3.8) is 0 Å². The Kier molecular flexibility index (Phi) is 10.8. The van der Waals surface area contributed by atoms with Crippen molar-refractivity contribution in [1.29, 1.82) is 0 Å². The van der Waals surface area contributed by atoms with E-state index in [2.05, 4.69) is 29.0 Å². The van der Waals surface area contributed by atoms with Gasteiger partial charge in [0.25, 0.3) is 5.91 Å². The van der Waals surface area contributed by atoms with E-state index < -0.39 is 6.09 Å². The number of aromatic nitrogens is 3. The number of nitrogens with one attached hydrogen (secondary N) is 1. The Bertz CT molecular complexity index is 946. The Balaban J connectivity index is 1.85. The zero-order chi connectivity index (χ0) is 25.0. The van der Waals surface area contributed by atoms with E-state index in [1.54, 1.807) is 13.0 Å². The molecule has 0 atom stereocenters. The summed E-state index contributed by atoms with van der Waals surface area (Å²) in [7, 11) is 0. The van der Waals surface area contributed by atoms with Crippen molar-refractivity contribution in [2.45, 2.75) is 78.7 Å². The summed E-state index contributed by atoms with van der Waals surface area (Å²) in [6.07, 6.45) is 8.20. The lowest BCUT2D eigenvalue weighted by Gasteiger charge is -2.26. The molecule has 1 N–H and O–H groups in total. The highest BCUT2D eigenvalue weighted by atomic mass is 16.5. The zero-order valence-electron chi connectivity index (χ0n) is 21.7. The van der Waals surface area contributed by atoms with Gasteiger partial charge in [0.05, 0.1) is 6.61 Å². The van der Waals surface area contributed by atoms with Gasteiger partial charge in [0.1, 0.15) is 11.2 Å². The van der Waals surface area contributed by atoms with Crippen LogP contribution >= 0.6 is 0 Å². The fourth-order valence-electron chi connectivity index (χ4n) is 4.50. The second kappa shape index (κ2) is 14.0. The third-order valence-corrected chi connectivity index (χ3v) is 6.46. The summed E-state index contributed by atoms with van der Waals surface area (Å²) in [6.45, 7) is 11.7. The average Bonchev–Trinajstić information content (AvgIpc) is 3.20. The van der Waals surface area contributed by atoms with Crippen LogP contribution in [0.4, 0.5) is 10.7 Å². The number of carbonyl (C=O) groups excluding carboxylic acids is 2. The highest BCUT2D eigenvalue weighted by molar-refractivity contribution is 5.94. The van der Waals surface area contributed by atoms with Gasteiger partial charge in [-0.15, -0.1) is 0 Å². The van der Waals surface area contributed by atoms with E-state index in [0.29, 0.717) is 29.4 Å². The van der Waals surface area contributed by atoms with Crippen molar-refractivity contribution >= 4 is 29.1 Å². The number of amides is 2. The van der Waals surface area contributed by atoms with Gasteiger partial charge in [-0.1, -0.05) is 33.1 Å². The number of hydrogen-bond acceptors (Lipinski definition) is 6. The van der Waals surface area contributed by atoms with Crippen LogP contribution in [0, 0.1) is 0 Å². The second-order valence-corrected chi connectivity index (χ2v) is 9.23. The molecule has 0 saturated carbocycles. The molecule has 2 aromatic heterocycles. The summed E-state index contributed by atoms with van der Waals surface area (Å²) in [6, 6.07) is 3.57. The minimum Gasteiger partial charge on any atom is -0.450 e. The third kappa shape index (κ3) is 7.65. The van der Waals surface area contributed by atoms with Crippen LogP contribution in [0.2, 0.25) is 0 Å². The summed E-state index contributed by atoms with van der Waals surface area (Å²) in [5.41, 5.74) is 1.69. The number of anilines is 1. The monoisotopic (exact) mass is 486 g/mol. The van der Waals surface area contributed by atoms with E-state index in [1.807, 2.05) is 15.5 Å².